The van der Waals surface area contributed by atoms with Crippen molar-refractivity contribution >= 4 is 11.9 Å². The molecule has 0 aliphatic heterocycles. The molecule has 2 rings (SSSR count). The highest BCUT2D eigenvalue weighted by molar-refractivity contribution is 5.81. The molecule has 2 N–H and O–H groups in total. The predicted octanol–water partition coefficient (Wildman–Crippen LogP) is 1.01. The first-order chi connectivity index (χ1) is 7.08. The number of carboxylic acids is 1. The van der Waals surface area contributed by atoms with E-state index in [0.717, 1.165) is 12.8 Å². The molecule has 15 heavy (non-hydrogen) atoms. The number of rotatable bonds is 3. The van der Waals surface area contributed by atoms with Gasteiger partial charge in [-0.05, 0) is 31.6 Å². The molecule has 4 nitrogen and oxygen atoms in total. The van der Waals surface area contributed by atoms with Crippen molar-refractivity contribution in [3.05, 3.63) is 0 Å². The van der Waals surface area contributed by atoms with E-state index in [1.54, 1.807) is 0 Å². The van der Waals surface area contributed by atoms with Crippen LogP contribution in [0.2, 0.25) is 0 Å². The fourth-order valence-electron chi connectivity index (χ4n) is 2.33. The lowest BCUT2D eigenvalue weighted by Gasteiger charge is -2.11. The van der Waals surface area contributed by atoms with Crippen LogP contribution in [0.3, 0.4) is 0 Å². The summed E-state index contributed by atoms with van der Waals surface area (Å²) in [5.41, 5.74) is 0. The fraction of sp³-hybridized carbons (Fsp3) is 0.818. The molecule has 2 saturated carbocycles. The third-order valence-electron chi connectivity index (χ3n) is 3.57. The van der Waals surface area contributed by atoms with Crippen LogP contribution in [0.15, 0.2) is 0 Å². The van der Waals surface area contributed by atoms with E-state index in [9.17, 15) is 9.59 Å². The van der Waals surface area contributed by atoms with Crippen LogP contribution in [0, 0.1) is 17.8 Å². The molecule has 0 bridgehead atoms. The van der Waals surface area contributed by atoms with Gasteiger partial charge >= 0.3 is 5.97 Å². The number of carbonyl (C=O) groups is 2. The van der Waals surface area contributed by atoms with Crippen molar-refractivity contribution in [2.45, 2.75) is 38.6 Å². The quantitative estimate of drug-likeness (QED) is 0.732. The number of carboxylic acid groups (broad SMARTS) is 1. The smallest absolute Gasteiger partial charge is 0.306 e. The summed E-state index contributed by atoms with van der Waals surface area (Å²) in [7, 11) is 0. The van der Waals surface area contributed by atoms with E-state index in [0.29, 0.717) is 18.8 Å². The Kier molecular flexibility index (Phi) is 2.67. The molecule has 0 heterocycles. The van der Waals surface area contributed by atoms with Gasteiger partial charge in [0.25, 0.3) is 0 Å². The molecule has 0 aromatic carbocycles. The second-order valence-corrected chi connectivity index (χ2v) is 4.87. The van der Waals surface area contributed by atoms with Gasteiger partial charge in [-0.15, -0.1) is 0 Å². The number of carbonyl (C=O) groups excluding carboxylic acids is 1. The molecule has 2 aliphatic carbocycles. The lowest BCUT2D eigenvalue weighted by molar-refractivity contribution is -0.141. The highest BCUT2D eigenvalue weighted by atomic mass is 16.4. The van der Waals surface area contributed by atoms with Crippen molar-refractivity contribution in [2.75, 3.05) is 0 Å². The van der Waals surface area contributed by atoms with E-state index in [2.05, 4.69) is 12.2 Å². The number of amides is 1. The van der Waals surface area contributed by atoms with Crippen LogP contribution in [0.1, 0.15) is 32.6 Å². The molecule has 2 fully saturated rings. The van der Waals surface area contributed by atoms with E-state index in [-0.39, 0.29) is 23.8 Å². The topological polar surface area (TPSA) is 66.4 Å². The average molecular weight is 211 g/mol. The first-order valence-electron chi connectivity index (χ1n) is 5.61. The van der Waals surface area contributed by atoms with Gasteiger partial charge in [-0.25, -0.2) is 0 Å². The summed E-state index contributed by atoms with van der Waals surface area (Å²) in [5.74, 6) is -0.160. The normalized spacial score (nSPS) is 38.7. The summed E-state index contributed by atoms with van der Waals surface area (Å²) in [6, 6.07) is 0.0893. The summed E-state index contributed by atoms with van der Waals surface area (Å²) < 4.78 is 0. The molecule has 0 spiro atoms. The third-order valence-corrected chi connectivity index (χ3v) is 3.57. The second kappa shape index (κ2) is 3.83. The Morgan fingerprint density at radius 2 is 1.93 bits per heavy atom. The third kappa shape index (κ3) is 2.30. The van der Waals surface area contributed by atoms with Crippen molar-refractivity contribution in [2.24, 2.45) is 17.8 Å². The Bertz CT molecular complexity index is 290. The van der Waals surface area contributed by atoms with Crippen LogP contribution in [-0.4, -0.2) is 23.0 Å². The van der Waals surface area contributed by atoms with E-state index >= 15 is 0 Å². The predicted molar refractivity (Wildman–Crippen MR) is 54.2 cm³/mol. The van der Waals surface area contributed by atoms with E-state index in [4.69, 9.17) is 5.11 Å². The van der Waals surface area contributed by atoms with Gasteiger partial charge in [0, 0.05) is 12.0 Å². The Labute approximate surface area is 89.0 Å². The standard InChI is InChI=1S/C11H17NO3/c1-6-4-9(6)10(13)12-8-3-2-7(5-8)11(14)15/h6-9H,2-5H2,1H3,(H,12,13)(H,14,15)/t6?,7-,8+,9?/m0/s1. The van der Waals surface area contributed by atoms with Gasteiger partial charge in [0.1, 0.15) is 0 Å². The van der Waals surface area contributed by atoms with Crippen molar-refractivity contribution in [3.8, 4) is 0 Å². The van der Waals surface area contributed by atoms with Gasteiger partial charge in [-0.3, -0.25) is 9.59 Å². The molecule has 1 amide bonds. The first-order valence-corrected chi connectivity index (χ1v) is 5.61. The van der Waals surface area contributed by atoms with Crippen molar-refractivity contribution < 1.29 is 14.7 Å². The summed E-state index contributed by atoms with van der Waals surface area (Å²) >= 11 is 0. The highest BCUT2D eigenvalue weighted by Gasteiger charge is 2.40. The molecular formula is C11H17NO3. The van der Waals surface area contributed by atoms with Crippen LogP contribution < -0.4 is 5.32 Å². The van der Waals surface area contributed by atoms with E-state index in [1.165, 1.54) is 0 Å². The lowest BCUT2D eigenvalue weighted by atomic mass is 10.1. The lowest BCUT2D eigenvalue weighted by Crippen LogP contribution is -2.34. The zero-order chi connectivity index (χ0) is 11.0. The maximum absolute atomic E-state index is 11.6. The number of aliphatic carboxylic acids is 1. The zero-order valence-corrected chi connectivity index (χ0v) is 8.90. The molecule has 4 heteroatoms. The molecule has 0 aromatic heterocycles. The van der Waals surface area contributed by atoms with Gasteiger partial charge in [-0.2, -0.15) is 0 Å². The summed E-state index contributed by atoms with van der Waals surface area (Å²) in [6.07, 6.45) is 3.09. The maximum atomic E-state index is 11.6. The summed E-state index contributed by atoms with van der Waals surface area (Å²) in [4.78, 5) is 22.3. The molecule has 2 unspecified atom stereocenters. The maximum Gasteiger partial charge on any atom is 0.306 e. The van der Waals surface area contributed by atoms with Crippen molar-refractivity contribution in [1.29, 1.82) is 0 Å². The van der Waals surface area contributed by atoms with Gasteiger partial charge in [0.05, 0.1) is 5.92 Å². The Balaban J connectivity index is 1.77. The van der Waals surface area contributed by atoms with Crippen molar-refractivity contribution in [1.82, 2.24) is 5.32 Å². The van der Waals surface area contributed by atoms with Gasteiger partial charge in [0.15, 0.2) is 0 Å². The minimum atomic E-state index is -0.730. The number of hydrogen-bond acceptors (Lipinski definition) is 2. The van der Waals surface area contributed by atoms with Crippen LogP contribution in [-0.2, 0) is 9.59 Å². The Morgan fingerprint density at radius 1 is 1.27 bits per heavy atom. The Morgan fingerprint density at radius 3 is 2.40 bits per heavy atom. The second-order valence-electron chi connectivity index (χ2n) is 4.87. The number of nitrogens with one attached hydrogen (secondary N) is 1. The first kappa shape index (κ1) is 10.5. The van der Waals surface area contributed by atoms with Crippen LogP contribution in [0.25, 0.3) is 0 Å². The fourth-order valence-corrected chi connectivity index (χ4v) is 2.33. The van der Waals surface area contributed by atoms with Gasteiger partial charge in [0.2, 0.25) is 5.91 Å². The zero-order valence-electron chi connectivity index (χ0n) is 8.90. The molecule has 0 aromatic rings. The summed E-state index contributed by atoms with van der Waals surface area (Å²) in [6.45, 7) is 2.07. The van der Waals surface area contributed by atoms with Gasteiger partial charge < -0.3 is 10.4 Å². The molecule has 0 saturated heterocycles. The molecular weight excluding hydrogens is 194 g/mol. The minimum Gasteiger partial charge on any atom is -0.481 e. The Hall–Kier alpha value is -1.06. The largest absolute Gasteiger partial charge is 0.481 e. The van der Waals surface area contributed by atoms with Gasteiger partial charge in [-0.1, -0.05) is 6.92 Å². The molecule has 84 valence electrons. The molecule has 4 atom stereocenters. The average Bonchev–Trinajstić information content (AvgIpc) is 2.73. The molecule has 0 radical (unpaired) electrons. The SMILES string of the molecule is CC1CC1C(=O)N[C@@H]1CC[C@H](C(=O)O)C1. The highest BCUT2D eigenvalue weighted by Crippen LogP contribution is 2.38. The van der Waals surface area contributed by atoms with Crippen LogP contribution in [0.4, 0.5) is 0 Å². The monoisotopic (exact) mass is 211 g/mol. The van der Waals surface area contributed by atoms with Crippen LogP contribution in [0.5, 0.6) is 0 Å². The minimum absolute atomic E-state index is 0.0893. The van der Waals surface area contributed by atoms with Crippen molar-refractivity contribution in [3.63, 3.8) is 0 Å². The van der Waals surface area contributed by atoms with Crippen LogP contribution >= 0.6 is 0 Å². The molecule has 2 aliphatic rings. The van der Waals surface area contributed by atoms with E-state index < -0.39 is 5.97 Å². The number of hydrogen-bond donors (Lipinski definition) is 2. The van der Waals surface area contributed by atoms with E-state index in [1.807, 2.05) is 0 Å². The summed E-state index contributed by atoms with van der Waals surface area (Å²) in [5, 5.41) is 11.8.